The quantitative estimate of drug-likeness (QED) is 0.547. The molecule has 0 bridgehead atoms. The van der Waals surface area contributed by atoms with E-state index in [0.717, 1.165) is 38.0 Å². The van der Waals surface area contributed by atoms with Crippen molar-refractivity contribution in [3.63, 3.8) is 0 Å². The minimum atomic E-state index is -3.22. The van der Waals surface area contributed by atoms with Crippen molar-refractivity contribution < 1.29 is 27.8 Å². The lowest BCUT2D eigenvalue weighted by Crippen LogP contribution is -2.18. The van der Waals surface area contributed by atoms with Gasteiger partial charge in [-0.15, -0.1) is 0 Å². The Labute approximate surface area is 169 Å². The highest BCUT2D eigenvalue weighted by Crippen LogP contribution is 2.24. The van der Waals surface area contributed by atoms with Crippen molar-refractivity contribution in [3.05, 3.63) is 53.9 Å². The first-order valence-corrected chi connectivity index (χ1v) is 9.74. The highest BCUT2D eigenvalue weighted by molar-refractivity contribution is 5.94. The van der Waals surface area contributed by atoms with Gasteiger partial charge in [0, 0.05) is 38.3 Å². The third kappa shape index (κ3) is 7.09. The van der Waals surface area contributed by atoms with E-state index in [-0.39, 0.29) is 18.1 Å². The van der Waals surface area contributed by atoms with Crippen LogP contribution < -0.4 is 9.47 Å². The molecule has 1 fully saturated rings. The normalized spacial score (nSPS) is 15.1. The number of ether oxygens (including phenoxy) is 3. The first-order chi connectivity index (χ1) is 13.9. The molecule has 0 unspecified atom stereocenters. The molecule has 2 aromatic rings. The number of carbonyl (C=O) groups is 1. The van der Waals surface area contributed by atoms with Crippen molar-refractivity contribution in [2.45, 2.75) is 45.3 Å². The zero-order chi connectivity index (χ0) is 20.7. The summed E-state index contributed by atoms with van der Waals surface area (Å²) in [5.74, 6) is 1.19. The van der Waals surface area contributed by atoms with Crippen molar-refractivity contribution >= 4 is 5.78 Å². The van der Waals surface area contributed by atoms with Gasteiger partial charge in [0.25, 0.3) is 0 Å². The van der Waals surface area contributed by atoms with Crippen LogP contribution in [0.5, 0.6) is 11.5 Å². The number of pyridine rings is 1. The Hall–Kier alpha value is -2.54. The minimum Gasteiger partial charge on any atom is -0.489 e. The van der Waals surface area contributed by atoms with Gasteiger partial charge in [0.1, 0.15) is 23.8 Å². The number of Topliss-reactive ketones (excluding diaryl/α,β-unsaturated/α-hetero) is 1. The largest absolute Gasteiger partial charge is 0.489 e. The predicted molar refractivity (Wildman–Crippen MR) is 103 cm³/mol. The van der Waals surface area contributed by atoms with Crippen LogP contribution in [0.25, 0.3) is 0 Å². The van der Waals surface area contributed by atoms with E-state index in [9.17, 15) is 13.6 Å². The number of hydrogen-bond donors (Lipinski definition) is 0. The van der Waals surface area contributed by atoms with E-state index < -0.39 is 6.11 Å². The van der Waals surface area contributed by atoms with Crippen LogP contribution in [0.3, 0.4) is 0 Å². The monoisotopic (exact) mass is 405 g/mol. The molecule has 1 saturated heterocycles. The zero-order valence-electron chi connectivity index (χ0n) is 16.4. The number of nitrogens with zero attached hydrogens (tertiary/aromatic N) is 1. The molecule has 0 aliphatic carbocycles. The highest BCUT2D eigenvalue weighted by Gasteiger charge is 2.23. The maximum atomic E-state index is 12.8. The zero-order valence-corrected chi connectivity index (χ0v) is 16.4. The number of hydrogen-bond acceptors (Lipinski definition) is 5. The fraction of sp³-hybridized carbons (Fsp3) is 0.455. The lowest BCUT2D eigenvalue weighted by molar-refractivity contribution is -0.158. The summed E-state index contributed by atoms with van der Waals surface area (Å²) in [6, 6.07) is 9.48. The molecule has 0 spiro atoms. The molecule has 3 rings (SSSR count). The van der Waals surface area contributed by atoms with Crippen LogP contribution in [0.4, 0.5) is 8.78 Å². The van der Waals surface area contributed by atoms with E-state index >= 15 is 0 Å². The molecule has 5 nitrogen and oxygen atoms in total. The van der Waals surface area contributed by atoms with Gasteiger partial charge < -0.3 is 14.2 Å². The Balaban J connectivity index is 1.45. The van der Waals surface area contributed by atoms with Gasteiger partial charge in [-0.05, 0) is 55.5 Å². The SMILES string of the molecule is CC(F)(F)Oc1ccc(OCc2ccc(C(=O)CCC3CCOCC3)nc2)cc1. The minimum absolute atomic E-state index is 0.0484. The summed E-state index contributed by atoms with van der Waals surface area (Å²) in [6.07, 6.45) is 1.81. The number of ketones is 1. The van der Waals surface area contributed by atoms with Crippen LogP contribution in [0.1, 0.15) is 48.7 Å². The second-order valence-electron chi connectivity index (χ2n) is 7.24. The number of rotatable bonds is 9. The second kappa shape index (κ2) is 9.78. The van der Waals surface area contributed by atoms with Crippen LogP contribution in [-0.2, 0) is 11.3 Å². The third-order valence-corrected chi connectivity index (χ3v) is 4.76. The van der Waals surface area contributed by atoms with Gasteiger partial charge in [0.2, 0.25) is 0 Å². The Morgan fingerprint density at radius 3 is 2.45 bits per heavy atom. The number of halogens is 2. The molecule has 1 aliphatic heterocycles. The summed E-state index contributed by atoms with van der Waals surface area (Å²) in [6.45, 7) is 2.51. The molecular weight excluding hydrogens is 380 g/mol. The topological polar surface area (TPSA) is 57.7 Å². The van der Waals surface area contributed by atoms with Crippen LogP contribution in [0, 0.1) is 5.92 Å². The fourth-order valence-corrected chi connectivity index (χ4v) is 3.15. The van der Waals surface area contributed by atoms with Crippen molar-refractivity contribution in [1.29, 1.82) is 0 Å². The van der Waals surface area contributed by atoms with Crippen molar-refractivity contribution in [1.82, 2.24) is 4.98 Å². The van der Waals surface area contributed by atoms with E-state index in [0.29, 0.717) is 30.7 Å². The van der Waals surface area contributed by atoms with E-state index in [1.165, 1.54) is 12.1 Å². The summed E-state index contributed by atoms with van der Waals surface area (Å²) < 4.78 is 41.1. The van der Waals surface area contributed by atoms with E-state index in [4.69, 9.17) is 9.47 Å². The second-order valence-corrected chi connectivity index (χ2v) is 7.24. The average Bonchev–Trinajstić information content (AvgIpc) is 2.71. The molecule has 7 heteroatoms. The lowest BCUT2D eigenvalue weighted by Gasteiger charge is -2.21. The lowest BCUT2D eigenvalue weighted by atomic mass is 9.93. The smallest absolute Gasteiger partial charge is 0.394 e. The van der Waals surface area contributed by atoms with Crippen molar-refractivity contribution in [2.24, 2.45) is 5.92 Å². The van der Waals surface area contributed by atoms with E-state index in [1.807, 2.05) is 6.07 Å². The standard InChI is InChI=1S/C22H25F2NO4/c1-22(23,24)29-19-6-4-18(5-7-19)28-15-17-2-8-20(25-14-17)21(26)9-3-16-10-12-27-13-11-16/h2,4-8,14,16H,3,9-13,15H2,1H3. The molecule has 29 heavy (non-hydrogen) atoms. The molecular formula is C22H25F2NO4. The average molecular weight is 405 g/mol. The Morgan fingerprint density at radius 1 is 1.14 bits per heavy atom. The van der Waals surface area contributed by atoms with Gasteiger partial charge in [-0.25, -0.2) is 0 Å². The first kappa shape index (κ1) is 21.2. The van der Waals surface area contributed by atoms with Crippen molar-refractivity contribution in [2.75, 3.05) is 13.2 Å². The van der Waals surface area contributed by atoms with Gasteiger partial charge in [-0.3, -0.25) is 9.78 Å². The van der Waals surface area contributed by atoms with Crippen molar-refractivity contribution in [3.8, 4) is 11.5 Å². The van der Waals surface area contributed by atoms with Crippen LogP contribution in [0.15, 0.2) is 42.6 Å². The fourth-order valence-electron chi connectivity index (χ4n) is 3.15. The number of alkyl halides is 2. The summed E-state index contributed by atoms with van der Waals surface area (Å²) >= 11 is 0. The molecule has 1 aliphatic rings. The van der Waals surface area contributed by atoms with Gasteiger partial charge in [0.15, 0.2) is 5.78 Å². The van der Waals surface area contributed by atoms with E-state index in [2.05, 4.69) is 9.72 Å². The maximum absolute atomic E-state index is 12.8. The number of carbonyl (C=O) groups excluding carboxylic acids is 1. The van der Waals surface area contributed by atoms with Gasteiger partial charge in [0.05, 0.1) is 0 Å². The Bertz CT molecular complexity index is 782. The molecule has 2 heterocycles. The Kier molecular flexibility index (Phi) is 7.14. The molecule has 0 saturated carbocycles. The Morgan fingerprint density at radius 2 is 1.83 bits per heavy atom. The predicted octanol–water partition coefficient (Wildman–Crippen LogP) is 5.04. The summed E-state index contributed by atoms with van der Waals surface area (Å²) in [5, 5.41) is 0. The molecule has 0 atom stereocenters. The van der Waals surface area contributed by atoms with Gasteiger partial charge >= 0.3 is 6.11 Å². The highest BCUT2D eigenvalue weighted by atomic mass is 19.3. The van der Waals surface area contributed by atoms with Crippen LogP contribution in [0.2, 0.25) is 0 Å². The summed E-state index contributed by atoms with van der Waals surface area (Å²) in [7, 11) is 0. The summed E-state index contributed by atoms with van der Waals surface area (Å²) in [4.78, 5) is 16.6. The summed E-state index contributed by atoms with van der Waals surface area (Å²) in [5.41, 5.74) is 1.27. The molecule has 1 aromatic heterocycles. The van der Waals surface area contributed by atoms with Gasteiger partial charge in [-0.2, -0.15) is 8.78 Å². The number of benzene rings is 1. The molecule has 156 valence electrons. The van der Waals surface area contributed by atoms with E-state index in [1.54, 1.807) is 24.4 Å². The van der Waals surface area contributed by atoms with Crippen LogP contribution in [-0.4, -0.2) is 30.1 Å². The molecule has 0 radical (unpaired) electrons. The van der Waals surface area contributed by atoms with Gasteiger partial charge in [-0.1, -0.05) is 6.07 Å². The number of aromatic nitrogens is 1. The first-order valence-electron chi connectivity index (χ1n) is 9.74. The molecule has 1 aromatic carbocycles. The molecule has 0 amide bonds. The molecule has 0 N–H and O–H groups in total. The third-order valence-electron chi connectivity index (χ3n) is 4.76. The maximum Gasteiger partial charge on any atom is 0.394 e. The van der Waals surface area contributed by atoms with Crippen LogP contribution >= 0.6 is 0 Å².